The van der Waals surface area contributed by atoms with Gasteiger partial charge >= 0.3 is 23.1 Å². The molecule has 100 valence electrons. The van der Waals surface area contributed by atoms with Crippen LogP contribution in [0, 0.1) is 6.07 Å². The van der Waals surface area contributed by atoms with E-state index in [2.05, 4.69) is 71.6 Å². The van der Waals surface area contributed by atoms with Gasteiger partial charge in [0, 0.05) is 11.4 Å². The standard InChI is InChI=1S/C18H14N.BrH.Mg/c1-4-10-16(11-5-1)19(17-12-6-2-7-13-17)18-14-8-3-9-15-18;;/h1-2,4-15H;1H;/q-1;;+2/p-1. The summed E-state index contributed by atoms with van der Waals surface area (Å²) in [5.74, 6) is 0. The largest absolute Gasteiger partial charge is 2.00 e. The van der Waals surface area contributed by atoms with Crippen molar-refractivity contribution in [2.75, 3.05) is 4.90 Å². The molecular weight excluding hydrogens is 334 g/mol. The molecule has 1 nitrogen and oxygen atoms in total. The zero-order valence-corrected chi connectivity index (χ0v) is 14.6. The third-order valence-electron chi connectivity index (χ3n) is 2.99. The van der Waals surface area contributed by atoms with Gasteiger partial charge in [-0.05, 0) is 24.3 Å². The van der Waals surface area contributed by atoms with Crippen LogP contribution < -0.4 is 21.9 Å². The Bertz CT molecular complexity index is 535. The smallest absolute Gasteiger partial charge is 1.00 e. The average molecular weight is 349 g/mol. The molecule has 0 saturated heterocycles. The Kier molecular flexibility index (Phi) is 7.50. The van der Waals surface area contributed by atoms with E-state index in [1.807, 2.05) is 24.3 Å². The molecule has 3 aromatic carbocycles. The van der Waals surface area contributed by atoms with Gasteiger partial charge in [0.15, 0.2) is 0 Å². The molecule has 0 N–H and O–H groups in total. The van der Waals surface area contributed by atoms with Crippen molar-refractivity contribution < 1.29 is 17.0 Å². The number of nitrogens with zero attached hydrogens (tertiary/aromatic N) is 1. The normalized spacial score (nSPS) is 9.14. The monoisotopic (exact) mass is 347 g/mol. The van der Waals surface area contributed by atoms with Gasteiger partial charge in [-0.2, -0.15) is 18.2 Å². The van der Waals surface area contributed by atoms with Crippen molar-refractivity contribution in [2.45, 2.75) is 0 Å². The van der Waals surface area contributed by atoms with Crippen LogP contribution >= 0.6 is 0 Å². The SMILES string of the molecule is [Br-].[Mg+2].[c-]1ccc(N(c2ccccc2)c2ccccc2)cc1. The molecule has 0 aliphatic heterocycles. The van der Waals surface area contributed by atoms with Crippen LogP contribution in [0.25, 0.3) is 0 Å². The van der Waals surface area contributed by atoms with E-state index in [-0.39, 0.29) is 40.0 Å². The molecular formula is C18H14BrMgN. The van der Waals surface area contributed by atoms with Crippen LogP contribution in [0.5, 0.6) is 0 Å². The molecule has 0 amide bonds. The van der Waals surface area contributed by atoms with E-state index in [1.165, 1.54) is 0 Å². The van der Waals surface area contributed by atoms with Gasteiger partial charge in [-0.1, -0.05) is 42.1 Å². The second-order valence-corrected chi connectivity index (χ2v) is 4.26. The number of hydrogen-bond donors (Lipinski definition) is 0. The van der Waals surface area contributed by atoms with Crippen LogP contribution in [-0.4, -0.2) is 23.1 Å². The van der Waals surface area contributed by atoms with Gasteiger partial charge in [0.05, 0.1) is 0 Å². The van der Waals surface area contributed by atoms with E-state index in [0.717, 1.165) is 17.1 Å². The van der Waals surface area contributed by atoms with E-state index in [0.29, 0.717) is 0 Å². The predicted molar refractivity (Wildman–Crippen MR) is 85.7 cm³/mol. The maximum atomic E-state index is 3.06. The van der Waals surface area contributed by atoms with Crippen LogP contribution in [0.4, 0.5) is 17.1 Å². The van der Waals surface area contributed by atoms with Crippen LogP contribution in [-0.2, 0) is 0 Å². The van der Waals surface area contributed by atoms with Crippen LogP contribution in [0.3, 0.4) is 0 Å². The molecule has 0 aliphatic rings. The number of hydrogen-bond acceptors (Lipinski definition) is 1. The van der Waals surface area contributed by atoms with Gasteiger partial charge in [0.25, 0.3) is 0 Å². The molecule has 3 rings (SSSR count). The molecule has 0 aliphatic carbocycles. The molecule has 0 aromatic heterocycles. The Hall–Kier alpha value is -1.29. The average Bonchev–Trinajstić information content (AvgIpc) is 2.51. The molecule has 0 heterocycles. The van der Waals surface area contributed by atoms with Crippen LogP contribution in [0.1, 0.15) is 0 Å². The quantitative estimate of drug-likeness (QED) is 0.513. The first-order chi connectivity index (χ1) is 9.45. The molecule has 0 fully saturated rings. The fraction of sp³-hybridized carbons (Fsp3) is 0. The number of para-hydroxylation sites is 2. The maximum Gasteiger partial charge on any atom is 2.00 e. The zero-order chi connectivity index (χ0) is 12.9. The third-order valence-corrected chi connectivity index (χ3v) is 2.99. The molecule has 0 radical (unpaired) electrons. The summed E-state index contributed by atoms with van der Waals surface area (Å²) in [4.78, 5) is 2.23. The van der Waals surface area contributed by atoms with Crippen LogP contribution in [0.2, 0.25) is 0 Å². The van der Waals surface area contributed by atoms with Crippen molar-refractivity contribution in [3.63, 3.8) is 0 Å². The van der Waals surface area contributed by atoms with Crippen molar-refractivity contribution in [1.82, 2.24) is 0 Å². The summed E-state index contributed by atoms with van der Waals surface area (Å²) < 4.78 is 0. The summed E-state index contributed by atoms with van der Waals surface area (Å²) >= 11 is 0. The summed E-state index contributed by atoms with van der Waals surface area (Å²) in [5.41, 5.74) is 3.44. The van der Waals surface area contributed by atoms with Gasteiger partial charge in [0.2, 0.25) is 0 Å². The molecule has 3 heteroatoms. The van der Waals surface area contributed by atoms with Gasteiger partial charge < -0.3 is 21.9 Å². The van der Waals surface area contributed by atoms with E-state index in [4.69, 9.17) is 0 Å². The summed E-state index contributed by atoms with van der Waals surface area (Å²) in [6, 6.07) is 31.8. The van der Waals surface area contributed by atoms with Crippen molar-refractivity contribution >= 4 is 40.1 Å². The molecule has 3 aromatic rings. The summed E-state index contributed by atoms with van der Waals surface area (Å²) in [6.45, 7) is 0. The first-order valence-corrected chi connectivity index (χ1v) is 6.31. The first-order valence-electron chi connectivity index (χ1n) is 6.31. The van der Waals surface area contributed by atoms with Gasteiger partial charge in [0.1, 0.15) is 0 Å². The third kappa shape index (κ3) is 4.33. The van der Waals surface area contributed by atoms with Gasteiger partial charge in [-0.15, -0.1) is 12.1 Å². The van der Waals surface area contributed by atoms with Crippen LogP contribution in [0.15, 0.2) is 84.9 Å². The summed E-state index contributed by atoms with van der Waals surface area (Å²) in [7, 11) is 0. The summed E-state index contributed by atoms with van der Waals surface area (Å²) in [6.07, 6.45) is 0. The number of benzene rings is 3. The number of rotatable bonds is 3. The van der Waals surface area contributed by atoms with Crippen molar-refractivity contribution in [1.29, 1.82) is 0 Å². The Morgan fingerprint density at radius 1 is 0.571 bits per heavy atom. The minimum atomic E-state index is 0. The molecule has 0 saturated carbocycles. The van der Waals surface area contributed by atoms with Crippen molar-refractivity contribution in [3.8, 4) is 0 Å². The first kappa shape index (κ1) is 17.8. The Morgan fingerprint density at radius 2 is 0.952 bits per heavy atom. The predicted octanol–water partition coefficient (Wildman–Crippen LogP) is 1.58. The van der Waals surface area contributed by atoms with E-state index < -0.39 is 0 Å². The molecule has 0 unspecified atom stereocenters. The topological polar surface area (TPSA) is 3.24 Å². The molecule has 21 heavy (non-hydrogen) atoms. The second-order valence-electron chi connectivity index (χ2n) is 4.26. The molecule has 0 bridgehead atoms. The maximum absolute atomic E-state index is 3.06. The number of halogens is 1. The molecule has 0 atom stereocenters. The second kappa shape index (κ2) is 8.87. The van der Waals surface area contributed by atoms with E-state index in [1.54, 1.807) is 0 Å². The fourth-order valence-corrected chi connectivity index (χ4v) is 2.13. The Balaban J connectivity index is 0.00000110. The van der Waals surface area contributed by atoms with Crippen molar-refractivity contribution in [2.24, 2.45) is 0 Å². The van der Waals surface area contributed by atoms with E-state index in [9.17, 15) is 0 Å². The minimum absolute atomic E-state index is 0. The molecule has 0 spiro atoms. The van der Waals surface area contributed by atoms with E-state index >= 15 is 0 Å². The Morgan fingerprint density at radius 3 is 1.38 bits per heavy atom. The van der Waals surface area contributed by atoms with Gasteiger partial charge in [-0.3, -0.25) is 0 Å². The fourth-order valence-electron chi connectivity index (χ4n) is 2.13. The Labute approximate surface area is 152 Å². The number of anilines is 3. The van der Waals surface area contributed by atoms with Crippen molar-refractivity contribution in [3.05, 3.63) is 91.0 Å². The zero-order valence-electron chi connectivity index (χ0n) is 11.6. The summed E-state index contributed by atoms with van der Waals surface area (Å²) in [5, 5.41) is 0. The van der Waals surface area contributed by atoms with Gasteiger partial charge in [-0.25, -0.2) is 0 Å². The minimum Gasteiger partial charge on any atom is -1.00 e.